The van der Waals surface area contributed by atoms with Crippen molar-refractivity contribution >= 4 is 28.4 Å². The number of aromatic nitrogens is 6. The van der Waals surface area contributed by atoms with Crippen molar-refractivity contribution in [1.82, 2.24) is 35.5 Å². The summed E-state index contributed by atoms with van der Waals surface area (Å²) in [5, 5.41) is 15.8. The number of hydrogen-bond donors (Lipinski definition) is 1. The largest absolute Gasteiger partial charge is 0.476 e. The zero-order chi connectivity index (χ0) is 27.5. The molecule has 1 spiro atoms. The summed E-state index contributed by atoms with van der Waals surface area (Å²) >= 11 is 0. The van der Waals surface area contributed by atoms with Gasteiger partial charge in [0.05, 0.1) is 17.4 Å². The van der Waals surface area contributed by atoms with Crippen LogP contribution in [-0.2, 0) is 17.3 Å². The molecule has 1 saturated heterocycles. The van der Waals surface area contributed by atoms with E-state index in [1.54, 1.807) is 42.1 Å². The lowest BCUT2D eigenvalue weighted by atomic mass is 9.73. The Balaban J connectivity index is 1.37. The van der Waals surface area contributed by atoms with Gasteiger partial charge in [-0.3, -0.25) is 9.78 Å². The Hall–Kier alpha value is -4.19. The minimum absolute atomic E-state index is 0.0185. The normalized spacial score (nSPS) is 15.9. The van der Waals surface area contributed by atoms with Gasteiger partial charge in [0.1, 0.15) is 17.8 Å². The summed E-state index contributed by atoms with van der Waals surface area (Å²) in [6.07, 6.45) is 3.28. The molecule has 0 saturated carbocycles. The van der Waals surface area contributed by atoms with Gasteiger partial charge >= 0.3 is 0 Å². The van der Waals surface area contributed by atoms with Gasteiger partial charge in [0, 0.05) is 79.7 Å². The Morgan fingerprint density at radius 3 is 2.64 bits per heavy atom. The third-order valence-electron chi connectivity index (χ3n) is 7.53. The van der Waals surface area contributed by atoms with E-state index in [1.165, 1.54) is 6.07 Å². The second kappa shape index (κ2) is 9.23. The SMILES string of the molecule is Cc1cc(-c2cc3c4c(cnc3cc2F)N(C)C(=O)C42CN(c3nnnn3C)C2)cnc1OCCNC(C)C. The van der Waals surface area contributed by atoms with Crippen LogP contribution in [0.2, 0.25) is 0 Å². The average molecular weight is 532 g/mol. The molecule has 4 aromatic rings. The van der Waals surface area contributed by atoms with Gasteiger partial charge in [-0.2, -0.15) is 0 Å². The number of rotatable bonds is 7. The van der Waals surface area contributed by atoms with Gasteiger partial charge in [0.2, 0.25) is 17.7 Å². The van der Waals surface area contributed by atoms with Crippen LogP contribution in [0.5, 0.6) is 5.88 Å². The van der Waals surface area contributed by atoms with E-state index in [4.69, 9.17) is 4.74 Å². The van der Waals surface area contributed by atoms with Gasteiger partial charge in [-0.05, 0) is 29.5 Å². The maximum atomic E-state index is 15.4. The van der Waals surface area contributed by atoms with E-state index in [2.05, 4.69) is 44.7 Å². The fraction of sp³-hybridized carbons (Fsp3) is 0.407. The molecule has 1 N–H and O–H groups in total. The molecule has 1 aromatic carbocycles. The topological polar surface area (TPSA) is 114 Å². The first-order chi connectivity index (χ1) is 18.7. The number of tetrazole rings is 1. The summed E-state index contributed by atoms with van der Waals surface area (Å²) in [4.78, 5) is 26.2. The van der Waals surface area contributed by atoms with Crippen molar-refractivity contribution < 1.29 is 13.9 Å². The molecule has 1 amide bonds. The average Bonchev–Trinajstić information content (AvgIpc) is 3.39. The molecule has 3 aromatic heterocycles. The summed E-state index contributed by atoms with van der Waals surface area (Å²) < 4.78 is 22.8. The van der Waals surface area contributed by atoms with E-state index in [-0.39, 0.29) is 5.91 Å². The summed E-state index contributed by atoms with van der Waals surface area (Å²) in [7, 11) is 3.52. The first-order valence-corrected chi connectivity index (χ1v) is 12.9. The molecule has 0 atom stereocenters. The van der Waals surface area contributed by atoms with Gasteiger partial charge in [-0.1, -0.05) is 18.9 Å². The van der Waals surface area contributed by atoms with Crippen molar-refractivity contribution in [3.8, 4) is 17.0 Å². The van der Waals surface area contributed by atoms with E-state index >= 15 is 4.39 Å². The predicted molar refractivity (Wildman–Crippen MR) is 144 cm³/mol. The lowest BCUT2D eigenvalue weighted by Gasteiger charge is -2.46. The van der Waals surface area contributed by atoms with E-state index in [1.807, 2.05) is 17.9 Å². The minimum Gasteiger partial charge on any atom is -0.476 e. The highest BCUT2D eigenvalue weighted by Crippen LogP contribution is 2.50. The van der Waals surface area contributed by atoms with Gasteiger partial charge in [0.15, 0.2) is 0 Å². The molecule has 0 bridgehead atoms. The highest BCUT2D eigenvalue weighted by Gasteiger charge is 2.59. The van der Waals surface area contributed by atoms with E-state index < -0.39 is 11.2 Å². The summed E-state index contributed by atoms with van der Waals surface area (Å²) in [5.41, 5.74) is 3.13. The zero-order valence-corrected chi connectivity index (χ0v) is 22.6. The Morgan fingerprint density at radius 2 is 1.95 bits per heavy atom. The molecule has 1 fully saturated rings. The lowest BCUT2D eigenvalue weighted by molar-refractivity contribution is -0.123. The molecule has 2 aliphatic heterocycles. The standard InChI is InChI=1S/C27H30FN9O2/c1-15(2)29-6-7-39-24-16(3)8-17(11-31-24)18-9-19-21(10-20(18)28)30-12-22-23(19)27(25(38)35(22)4)13-37(14-27)26-32-33-34-36(26)5/h8-12,15,29H,6-7,13-14H2,1-5H3. The summed E-state index contributed by atoms with van der Waals surface area (Å²) in [6.45, 7) is 8.08. The third kappa shape index (κ3) is 3.97. The second-order valence-electron chi connectivity index (χ2n) is 10.6. The second-order valence-corrected chi connectivity index (χ2v) is 10.6. The number of amides is 1. The quantitative estimate of drug-likeness (QED) is 0.359. The van der Waals surface area contributed by atoms with Crippen molar-refractivity contribution in [3.63, 3.8) is 0 Å². The number of carbonyl (C=O) groups excluding carboxylic acids is 1. The van der Waals surface area contributed by atoms with Crippen LogP contribution in [0, 0.1) is 12.7 Å². The van der Waals surface area contributed by atoms with Crippen LogP contribution in [-0.4, -0.2) is 75.4 Å². The molecule has 12 heteroatoms. The number of halogens is 1. The summed E-state index contributed by atoms with van der Waals surface area (Å²) in [5.74, 6) is 0.693. The van der Waals surface area contributed by atoms with Gasteiger partial charge in [0.25, 0.3) is 0 Å². The molecule has 39 heavy (non-hydrogen) atoms. The Labute approximate surface area is 225 Å². The first-order valence-electron chi connectivity index (χ1n) is 12.9. The fourth-order valence-corrected chi connectivity index (χ4v) is 5.61. The van der Waals surface area contributed by atoms with Crippen molar-refractivity contribution in [3.05, 3.63) is 47.5 Å². The van der Waals surface area contributed by atoms with Crippen LogP contribution in [0.3, 0.4) is 0 Å². The van der Waals surface area contributed by atoms with Crippen LogP contribution in [0.15, 0.2) is 30.6 Å². The number of nitrogens with one attached hydrogen (secondary N) is 1. The van der Waals surface area contributed by atoms with Crippen molar-refractivity contribution in [1.29, 1.82) is 0 Å². The number of likely N-dealkylation sites (N-methyl/N-ethyl adjacent to an activating group) is 1. The molecular weight excluding hydrogens is 501 g/mol. The molecule has 0 unspecified atom stereocenters. The zero-order valence-electron chi connectivity index (χ0n) is 22.6. The van der Waals surface area contributed by atoms with Gasteiger partial charge < -0.3 is 19.9 Å². The van der Waals surface area contributed by atoms with Crippen LogP contribution in [0.25, 0.3) is 22.0 Å². The van der Waals surface area contributed by atoms with E-state index in [0.29, 0.717) is 60.8 Å². The highest BCUT2D eigenvalue weighted by atomic mass is 19.1. The van der Waals surface area contributed by atoms with Gasteiger partial charge in [-0.25, -0.2) is 14.1 Å². The van der Waals surface area contributed by atoms with Crippen LogP contribution >= 0.6 is 0 Å². The molecule has 0 radical (unpaired) electrons. The first kappa shape index (κ1) is 25.1. The van der Waals surface area contributed by atoms with E-state index in [9.17, 15) is 4.79 Å². The monoisotopic (exact) mass is 531 g/mol. The molecule has 202 valence electrons. The molecular formula is C27H30FN9O2. The molecule has 6 rings (SSSR count). The minimum atomic E-state index is -0.789. The number of aryl methyl sites for hydroxylation is 2. The number of nitrogens with zero attached hydrogens (tertiary/aromatic N) is 8. The van der Waals surface area contributed by atoms with Crippen LogP contribution in [0.1, 0.15) is 25.0 Å². The number of anilines is 2. The number of carbonyl (C=O) groups is 1. The predicted octanol–water partition coefficient (Wildman–Crippen LogP) is 2.38. The smallest absolute Gasteiger partial charge is 0.245 e. The van der Waals surface area contributed by atoms with Crippen molar-refractivity contribution in [2.75, 3.05) is 43.1 Å². The van der Waals surface area contributed by atoms with Crippen molar-refractivity contribution in [2.24, 2.45) is 7.05 Å². The Kier molecular flexibility index (Phi) is 5.94. The number of hydrogen-bond acceptors (Lipinski definition) is 9. The van der Waals surface area contributed by atoms with Crippen LogP contribution in [0.4, 0.5) is 16.0 Å². The number of ether oxygens (including phenoxy) is 1. The number of pyridine rings is 2. The maximum Gasteiger partial charge on any atom is 0.245 e. The molecule has 0 aliphatic carbocycles. The Morgan fingerprint density at radius 1 is 1.15 bits per heavy atom. The molecule has 5 heterocycles. The van der Waals surface area contributed by atoms with Crippen molar-refractivity contribution in [2.45, 2.75) is 32.2 Å². The third-order valence-corrected chi connectivity index (χ3v) is 7.53. The number of fused-ring (bicyclic) bond motifs is 4. The van der Waals surface area contributed by atoms with Gasteiger partial charge in [-0.15, -0.1) is 0 Å². The lowest BCUT2D eigenvalue weighted by Crippen LogP contribution is -2.64. The molecule has 2 aliphatic rings. The van der Waals surface area contributed by atoms with Crippen LogP contribution < -0.4 is 19.9 Å². The number of benzene rings is 1. The summed E-state index contributed by atoms with van der Waals surface area (Å²) in [6, 6.07) is 5.47. The fourth-order valence-electron chi connectivity index (χ4n) is 5.61. The maximum absolute atomic E-state index is 15.4. The van der Waals surface area contributed by atoms with E-state index in [0.717, 1.165) is 22.2 Å². The molecule has 11 nitrogen and oxygen atoms in total. The Bertz CT molecular complexity index is 1600. The highest BCUT2D eigenvalue weighted by molar-refractivity contribution is 6.14.